The fourth-order valence-electron chi connectivity index (χ4n) is 0.861. The van der Waals surface area contributed by atoms with E-state index in [1.165, 1.54) is 7.11 Å². The van der Waals surface area contributed by atoms with Gasteiger partial charge in [0.25, 0.3) is 0 Å². The number of aryl methyl sites for hydroxylation is 1. The zero-order valence-electron chi connectivity index (χ0n) is 7.66. The Labute approximate surface area is 80.9 Å². The van der Waals surface area contributed by atoms with Crippen molar-refractivity contribution in [2.45, 2.75) is 13.5 Å². The maximum atomic E-state index is 11.0. The van der Waals surface area contributed by atoms with Crippen molar-refractivity contribution < 1.29 is 9.53 Å². The summed E-state index contributed by atoms with van der Waals surface area (Å²) in [5.74, 6) is -0.117. The fourth-order valence-corrected chi connectivity index (χ4v) is 1.47. The van der Waals surface area contributed by atoms with Crippen molar-refractivity contribution >= 4 is 17.2 Å². The van der Waals surface area contributed by atoms with Crippen LogP contribution < -0.4 is 5.32 Å². The molecule has 4 nitrogen and oxygen atoms in total. The van der Waals surface area contributed by atoms with Gasteiger partial charge in [0.2, 0.25) is 5.91 Å². The summed E-state index contributed by atoms with van der Waals surface area (Å²) < 4.78 is 4.67. The molecule has 0 unspecified atom stereocenters. The number of hydrogen-bond donors (Lipinski definition) is 1. The summed E-state index contributed by atoms with van der Waals surface area (Å²) in [6.45, 7) is 2.51. The van der Waals surface area contributed by atoms with Crippen LogP contribution in [0.4, 0.5) is 0 Å². The quantitative estimate of drug-likeness (QED) is 0.779. The van der Waals surface area contributed by atoms with Gasteiger partial charge in [0, 0.05) is 12.5 Å². The molecule has 0 fully saturated rings. The molecule has 0 saturated carbocycles. The van der Waals surface area contributed by atoms with E-state index in [1.807, 2.05) is 12.3 Å². The van der Waals surface area contributed by atoms with Gasteiger partial charge in [-0.1, -0.05) is 0 Å². The molecule has 0 atom stereocenters. The number of thiazole rings is 1. The van der Waals surface area contributed by atoms with Crippen LogP contribution in [0.3, 0.4) is 0 Å². The van der Waals surface area contributed by atoms with Gasteiger partial charge in [-0.25, -0.2) is 4.98 Å². The number of aromatic nitrogens is 1. The van der Waals surface area contributed by atoms with Crippen LogP contribution in [0.25, 0.3) is 0 Å². The molecule has 0 aliphatic rings. The number of carbonyl (C=O) groups is 1. The molecular weight excluding hydrogens is 188 g/mol. The van der Waals surface area contributed by atoms with Crippen LogP contribution in [-0.2, 0) is 16.1 Å². The van der Waals surface area contributed by atoms with Crippen LogP contribution in [-0.4, -0.2) is 24.6 Å². The van der Waals surface area contributed by atoms with Gasteiger partial charge in [-0.3, -0.25) is 4.79 Å². The number of methoxy groups -OCH3 is 1. The van der Waals surface area contributed by atoms with Crippen molar-refractivity contribution in [1.29, 1.82) is 0 Å². The predicted molar refractivity (Wildman–Crippen MR) is 50.6 cm³/mol. The van der Waals surface area contributed by atoms with Crippen LogP contribution in [0.2, 0.25) is 0 Å². The van der Waals surface area contributed by atoms with Gasteiger partial charge in [-0.2, -0.15) is 0 Å². The van der Waals surface area contributed by atoms with Crippen LogP contribution in [0.5, 0.6) is 0 Å². The van der Waals surface area contributed by atoms with Crippen LogP contribution in [0, 0.1) is 6.92 Å². The number of nitrogens with zero attached hydrogens (tertiary/aromatic N) is 1. The van der Waals surface area contributed by atoms with Gasteiger partial charge in [0.15, 0.2) is 0 Å². The first-order chi connectivity index (χ1) is 6.22. The van der Waals surface area contributed by atoms with Crippen LogP contribution >= 0.6 is 11.3 Å². The van der Waals surface area contributed by atoms with Crippen molar-refractivity contribution in [1.82, 2.24) is 10.3 Å². The molecule has 1 rings (SSSR count). The highest BCUT2D eigenvalue weighted by atomic mass is 32.1. The Kier molecular flexibility index (Phi) is 3.85. The number of nitrogens with one attached hydrogen (secondary N) is 1. The minimum atomic E-state index is -0.117. The lowest BCUT2D eigenvalue weighted by Crippen LogP contribution is -2.26. The van der Waals surface area contributed by atoms with Crippen molar-refractivity contribution in [2.24, 2.45) is 0 Å². The molecule has 0 aromatic carbocycles. The summed E-state index contributed by atoms with van der Waals surface area (Å²) in [6.07, 6.45) is 0. The zero-order chi connectivity index (χ0) is 9.68. The molecule has 1 amide bonds. The molecule has 0 spiro atoms. The van der Waals surface area contributed by atoms with E-state index in [-0.39, 0.29) is 12.5 Å². The third kappa shape index (κ3) is 3.52. The third-order valence-corrected chi connectivity index (χ3v) is 2.23. The van der Waals surface area contributed by atoms with E-state index >= 15 is 0 Å². The third-order valence-electron chi connectivity index (χ3n) is 1.41. The summed E-state index contributed by atoms with van der Waals surface area (Å²) in [5, 5.41) is 5.64. The van der Waals surface area contributed by atoms with Gasteiger partial charge in [0.05, 0.1) is 17.2 Å². The fraction of sp³-hybridized carbons (Fsp3) is 0.500. The molecule has 72 valence electrons. The second kappa shape index (κ2) is 4.94. The maximum Gasteiger partial charge on any atom is 0.246 e. The van der Waals surface area contributed by atoms with E-state index in [0.717, 1.165) is 10.7 Å². The first kappa shape index (κ1) is 10.1. The van der Waals surface area contributed by atoms with Crippen molar-refractivity contribution in [2.75, 3.05) is 13.7 Å². The average Bonchev–Trinajstić information content (AvgIpc) is 2.49. The Bertz CT molecular complexity index is 285. The molecule has 0 saturated heterocycles. The molecular formula is C8H12N2O2S. The Balaban J connectivity index is 2.30. The molecule has 5 heteroatoms. The van der Waals surface area contributed by atoms with E-state index in [0.29, 0.717) is 6.54 Å². The minimum Gasteiger partial charge on any atom is -0.375 e. The maximum absolute atomic E-state index is 11.0. The van der Waals surface area contributed by atoms with E-state index in [9.17, 15) is 4.79 Å². The molecule has 0 bridgehead atoms. The second-order valence-corrected chi connectivity index (χ2v) is 3.63. The van der Waals surface area contributed by atoms with Gasteiger partial charge in [-0.05, 0) is 6.92 Å². The Morgan fingerprint density at radius 1 is 1.77 bits per heavy atom. The molecule has 0 aliphatic carbocycles. The highest BCUT2D eigenvalue weighted by Gasteiger charge is 2.01. The summed E-state index contributed by atoms with van der Waals surface area (Å²) in [6, 6.07) is 0. The molecule has 0 radical (unpaired) electrons. The summed E-state index contributed by atoms with van der Waals surface area (Å²) >= 11 is 1.58. The Hall–Kier alpha value is -0.940. The minimum absolute atomic E-state index is 0.100. The first-order valence-corrected chi connectivity index (χ1v) is 4.77. The van der Waals surface area contributed by atoms with Crippen molar-refractivity contribution in [3.05, 3.63) is 16.1 Å². The van der Waals surface area contributed by atoms with Crippen LogP contribution in [0.1, 0.15) is 10.7 Å². The zero-order valence-corrected chi connectivity index (χ0v) is 8.48. The van der Waals surface area contributed by atoms with Gasteiger partial charge >= 0.3 is 0 Å². The topological polar surface area (TPSA) is 51.2 Å². The van der Waals surface area contributed by atoms with E-state index in [1.54, 1.807) is 11.3 Å². The summed E-state index contributed by atoms with van der Waals surface area (Å²) in [4.78, 5) is 15.2. The Morgan fingerprint density at radius 2 is 2.54 bits per heavy atom. The lowest BCUT2D eigenvalue weighted by Gasteiger charge is -2.00. The molecule has 1 heterocycles. The standard InChI is InChI=1S/C8H12N2O2S/c1-6-10-7(5-13-6)3-9-8(11)4-12-2/h5H,3-4H2,1-2H3,(H,9,11). The largest absolute Gasteiger partial charge is 0.375 e. The number of amides is 1. The van der Waals surface area contributed by atoms with Gasteiger partial charge in [0.1, 0.15) is 6.61 Å². The van der Waals surface area contributed by atoms with Gasteiger partial charge in [-0.15, -0.1) is 11.3 Å². The smallest absolute Gasteiger partial charge is 0.246 e. The SMILES string of the molecule is COCC(=O)NCc1csc(C)n1. The van der Waals surface area contributed by atoms with Crippen molar-refractivity contribution in [3.8, 4) is 0 Å². The summed E-state index contributed by atoms with van der Waals surface area (Å²) in [7, 11) is 1.49. The van der Waals surface area contributed by atoms with E-state index < -0.39 is 0 Å². The average molecular weight is 200 g/mol. The number of hydrogen-bond acceptors (Lipinski definition) is 4. The number of carbonyl (C=O) groups excluding carboxylic acids is 1. The monoisotopic (exact) mass is 200 g/mol. The molecule has 1 aromatic heterocycles. The molecule has 13 heavy (non-hydrogen) atoms. The molecule has 1 aromatic rings. The Morgan fingerprint density at radius 3 is 3.08 bits per heavy atom. The first-order valence-electron chi connectivity index (χ1n) is 3.89. The number of rotatable bonds is 4. The highest BCUT2D eigenvalue weighted by Crippen LogP contribution is 2.06. The van der Waals surface area contributed by atoms with E-state index in [4.69, 9.17) is 0 Å². The lowest BCUT2D eigenvalue weighted by molar-refractivity contribution is -0.124. The predicted octanol–water partition coefficient (Wildman–Crippen LogP) is 0.714. The number of ether oxygens (including phenoxy) is 1. The van der Waals surface area contributed by atoms with E-state index in [2.05, 4.69) is 15.0 Å². The van der Waals surface area contributed by atoms with Crippen molar-refractivity contribution in [3.63, 3.8) is 0 Å². The normalized spacial score (nSPS) is 10.0. The molecule has 0 aliphatic heterocycles. The van der Waals surface area contributed by atoms with Crippen LogP contribution in [0.15, 0.2) is 5.38 Å². The van der Waals surface area contributed by atoms with Gasteiger partial charge < -0.3 is 10.1 Å². The summed E-state index contributed by atoms with van der Waals surface area (Å²) in [5.41, 5.74) is 0.895. The highest BCUT2D eigenvalue weighted by molar-refractivity contribution is 7.09. The molecule has 1 N–H and O–H groups in total. The second-order valence-electron chi connectivity index (χ2n) is 2.57. The lowest BCUT2D eigenvalue weighted by atomic mass is 10.4.